The average molecular weight is 281 g/mol. The molecule has 4 aromatic carbocycles. The van der Waals surface area contributed by atoms with Crippen molar-refractivity contribution in [1.82, 2.24) is 15.2 Å². The van der Waals surface area contributed by atoms with Gasteiger partial charge in [-0.05, 0) is 68.7 Å². The van der Waals surface area contributed by atoms with Gasteiger partial charge < -0.3 is 0 Å². The molecule has 0 amide bonds. The molecule has 0 radical (unpaired) electrons. The molecular weight excluding hydrogens is 270 g/mol. The third-order valence-electron chi connectivity index (χ3n) is 4.17. The van der Waals surface area contributed by atoms with E-state index in [0.29, 0.717) is 0 Å². The topological polar surface area (TPSA) is 38.7 Å². The van der Waals surface area contributed by atoms with Crippen LogP contribution in [-0.4, -0.2) is 15.2 Å². The fourth-order valence-electron chi connectivity index (χ4n) is 3.08. The van der Waals surface area contributed by atoms with Gasteiger partial charge in [-0.15, -0.1) is 10.2 Å². The molecule has 0 N–H and O–H groups in total. The number of aromatic nitrogens is 3. The summed E-state index contributed by atoms with van der Waals surface area (Å²) >= 11 is 0. The lowest BCUT2D eigenvalue weighted by atomic mass is 9.99. The third kappa shape index (κ3) is 1.66. The molecule has 0 aliphatic rings. The van der Waals surface area contributed by atoms with Crippen molar-refractivity contribution in [2.75, 3.05) is 0 Å². The molecule has 22 heavy (non-hydrogen) atoms. The van der Waals surface area contributed by atoms with Crippen molar-refractivity contribution in [3.63, 3.8) is 0 Å². The lowest BCUT2D eigenvalue weighted by molar-refractivity contribution is 1.02. The zero-order chi connectivity index (χ0) is 14.5. The van der Waals surface area contributed by atoms with Gasteiger partial charge in [0.05, 0.1) is 5.52 Å². The van der Waals surface area contributed by atoms with E-state index < -0.39 is 0 Å². The van der Waals surface area contributed by atoms with Crippen molar-refractivity contribution in [1.29, 1.82) is 0 Å². The zero-order valence-electron chi connectivity index (χ0n) is 11.7. The number of hydrogen-bond acceptors (Lipinski definition) is 3. The van der Waals surface area contributed by atoms with Crippen molar-refractivity contribution < 1.29 is 0 Å². The summed E-state index contributed by atoms with van der Waals surface area (Å²) in [6.07, 6.45) is 1.49. The van der Waals surface area contributed by atoms with Gasteiger partial charge in [0.15, 0.2) is 0 Å². The van der Waals surface area contributed by atoms with E-state index in [0.717, 1.165) is 16.4 Å². The smallest absolute Gasteiger partial charge is 0.138 e. The molecule has 0 bridgehead atoms. The summed E-state index contributed by atoms with van der Waals surface area (Å²) in [6, 6.07) is 21.5. The van der Waals surface area contributed by atoms with Gasteiger partial charge >= 0.3 is 0 Å². The minimum atomic E-state index is 0.829. The van der Waals surface area contributed by atoms with Crippen LogP contribution in [0.3, 0.4) is 0 Å². The first kappa shape index (κ1) is 11.6. The highest BCUT2D eigenvalue weighted by atomic mass is 15.1. The second kappa shape index (κ2) is 4.21. The molecule has 1 heterocycles. The second-order valence-electron chi connectivity index (χ2n) is 5.55. The minimum Gasteiger partial charge on any atom is -0.233 e. The Morgan fingerprint density at radius 1 is 0.545 bits per heavy atom. The van der Waals surface area contributed by atoms with Crippen molar-refractivity contribution >= 4 is 43.4 Å². The molecule has 0 fully saturated rings. The Bertz CT molecular complexity index is 995. The summed E-state index contributed by atoms with van der Waals surface area (Å²) in [5, 5.41) is 15.4. The SMILES string of the molecule is c1ccc2cc3cc4cc5nncnc5cc4cc3cc2c1. The summed E-state index contributed by atoms with van der Waals surface area (Å²) in [5.41, 5.74) is 1.71. The van der Waals surface area contributed by atoms with Crippen molar-refractivity contribution in [3.05, 3.63) is 67.0 Å². The Hall–Kier alpha value is -3.07. The van der Waals surface area contributed by atoms with Crippen LogP contribution in [0, 0.1) is 0 Å². The normalized spacial score (nSPS) is 11.6. The number of benzene rings is 4. The van der Waals surface area contributed by atoms with Gasteiger partial charge in [-0.2, -0.15) is 0 Å². The molecule has 0 aliphatic carbocycles. The van der Waals surface area contributed by atoms with Gasteiger partial charge in [0.25, 0.3) is 0 Å². The van der Waals surface area contributed by atoms with Crippen LogP contribution in [0.5, 0.6) is 0 Å². The van der Waals surface area contributed by atoms with E-state index in [4.69, 9.17) is 0 Å². The van der Waals surface area contributed by atoms with Crippen LogP contribution in [0.15, 0.2) is 67.0 Å². The maximum absolute atomic E-state index is 4.29. The predicted molar refractivity (Wildman–Crippen MR) is 89.9 cm³/mol. The molecule has 3 nitrogen and oxygen atoms in total. The first-order valence-corrected chi connectivity index (χ1v) is 7.21. The first-order chi connectivity index (χ1) is 10.9. The quantitative estimate of drug-likeness (QED) is 0.393. The van der Waals surface area contributed by atoms with Crippen LogP contribution >= 0.6 is 0 Å². The van der Waals surface area contributed by atoms with Gasteiger partial charge in [0.1, 0.15) is 11.8 Å². The number of hydrogen-bond donors (Lipinski definition) is 0. The highest BCUT2D eigenvalue weighted by Crippen LogP contribution is 2.28. The Morgan fingerprint density at radius 3 is 1.77 bits per heavy atom. The van der Waals surface area contributed by atoms with Gasteiger partial charge in [-0.25, -0.2) is 4.98 Å². The molecule has 0 spiro atoms. The van der Waals surface area contributed by atoms with E-state index in [2.05, 4.69) is 75.8 Å². The molecule has 3 heteroatoms. The molecule has 0 atom stereocenters. The fraction of sp³-hybridized carbons (Fsp3) is 0. The number of nitrogens with zero attached hydrogens (tertiary/aromatic N) is 3. The van der Waals surface area contributed by atoms with Crippen molar-refractivity contribution in [2.45, 2.75) is 0 Å². The van der Waals surface area contributed by atoms with Gasteiger partial charge in [-0.1, -0.05) is 24.3 Å². The van der Waals surface area contributed by atoms with E-state index in [1.54, 1.807) is 0 Å². The molecule has 0 saturated heterocycles. The van der Waals surface area contributed by atoms with Crippen molar-refractivity contribution in [2.24, 2.45) is 0 Å². The summed E-state index contributed by atoms with van der Waals surface area (Å²) in [7, 11) is 0. The second-order valence-corrected chi connectivity index (χ2v) is 5.55. The van der Waals surface area contributed by atoms with Crippen LogP contribution in [0.25, 0.3) is 43.4 Å². The first-order valence-electron chi connectivity index (χ1n) is 7.21. The predicted octanol–water partition coefficient (Wildman–Crippen LogP) is 4.48. The molecule has 102 valence electrons. The maximum Gasteiger partial charge on any atom is 0.138 e. The standard InChI is InChI=1S/C19H11N3/c1-2-4-13-6-15-8-17-10-19-18(20-11-21-22-19)9-16(17)7-14(15)5-12(13)3-1/h1-11H. The summed E-state index contributed by atoms with van der Waals surface area (Å²) in [5.74, 6) is 0. The third-order valence-corrected chi connectivity index (χ3v) is 4.17. The summed E-state index contributed by atoms with van der Waals surface area (Å²) in [6.45, 7) is 0. The molecule has 0 aliphatic heterocycles. The summed E-state index contributed by atoms with van der Waals surface area (Å²) < 4.78 is 0. The lowest BCUT2D eigenvalue weighted by Crippen LogP contribution is -1.87. The highest BCUT2D eigenvalue weighted by molar-refractivity contribution is 6.07. The average Bonchev–Trinajstić information content (AvgIpc) is 2.56. The molecule has 0 saturated carbocycles. The molecular formula is C19H11N3. The van der Waals surface area contributed by atoms with E-state index in [1.807, 2.05) is 0 Å². The molecule has 5 rings (SSSR count). The number of fused-ring (bicyclic) bond motifs is 4. The van der Waals surface area contributed by atoms with Crippen LogP contribution < -0.4 is 0 Å². The highest BCUT2D eigenvalue weighted by Gasteiger charge is 2.04. The Morgan fingerprint density at radius 2 is 1.09 bits per heavy atom. The van der Waals surface area contributed by atoms with E-state index >= 15 is 0 Å². The van der Waals surface area contributed by atoms with Gasteiger partial charge in [0.2, 0.25) is 0 Å². The van der Waals surface area contributed by atoms with Crippen LogP contribution in [0.2, 0.25) is 0 Å². The van der Waals surface area contributed by atoms with Crippen LogP contribution in [0.1, 0.15) is 0 Å². The largest absolute Gasteiger partial charge is 0.233 e. The van der Waals surface area contributed by atoms with Gasteiger partial charge in [-0.3, -0.25) is 0 Å². The molecule has 0 unspecified atom stereocenters. The lowest BCUT2D eigenvalue weighted by Gasteiger charge is -2.06. The summed E-state index contributed by atoms with van der Waals surface area (Å²) in [4.78, 5) is 4.29. The Kier molecular flexibility index (Phi) is 2.22. The number of rotatable bonds is 0. The molecule has 1 aromatic heterocycles. The van der Waals surface area contributed by atoms with E-state index in [1.165, 1.54) is 33.3 Å². The zero-order valence-corrected chi connectivity index (χ0v) is 11.7. The van der Waals surface area contributed by atoms with Crippen LogP contribution in [0.4, 0.5) is 0 Å². The molecule has 5 aromatic rings. The van der Waals surface area contributed by atoms with E-state index in [-0.39, 0.29) is 0 Å². The fourth-order valence-corrected chi connectivity index (χ4v) is 3.08. The maximum atomic E-state index is 4.29. The Balaban J connectivity index is 1.93. The Labute approximate surface area is 126 Å². The van der Waals surface area contributed by atoms with Crippen molar-refractivity contribution in [3.8, 4) is 0 Å². The minimum absolute atomic E-state index is 0.829. The monoisotopic (exact) mass is 281 g/mol. The van der Waals surface area contributed by atoms with E-state index in [9.17, 15) is 0 Å². The van der Waals surface area contributed by atoms with Crippen LogP contribution in [-0.2, 0) is 0 Å². The van der Waals surface area contributed by atoms with Gasteiger partial charge in [0, 0.05) is 0 Å².